The van der Waals surface area contributed by atoms with Crippen molar-refractivity contribution in [1.82, 2.24) is 15.3 Å². The van der Waals surface area contributed by atoms with Gasteiger partial charge < -0.3 is 15.0 Å². The number of hydrogen-bond acceptors (Lipinski definition) is 3. The summed E-state index contributed by atoms with van der Waals surface area (Å²) in [6, 6.07) is 21.9. The molecule has 0 spiro atoms. The van der Waals surface area contributed by atoms with Gasteiger partial charge in [-0.05, 0) is 29.8 Å². The summed E-state index contributed by atoms with van der Waals surface area (Å²) in [4.78, 5) is 20.5. The van der Waals surface area contributed by atoms with E-state index in [4.69, 9.17) is 4.74 Å². The molecule has 4 aromatic rings. The molecular weight excluding hydrogens is 374 g/mol. The van der Waals surface area contributed by atoms with Crippen molar-refractivity contribution in [3.8, 4) is 5.75 Å². The van der Waals surface area contributed by atoms with Crippen LogP contribution in [-0.4, -0.2) is 29.5 Å². The van der Waals surface area contributed by atoms with Gasteiger partial charge in [0.2, 0.25) is 5.91 Å². The Hall–Kier alpha value is -3.60. The molecule has 30 heavy (non-hydrogen) atoms. The fourth-order valence-electron chi connectivity index (χ4n) is 3.86. The molecule has 2 heterocycles. The Morgan fingerprint density at radius 2 is 1.83 bits per heavy atom. The quantitative estimate of drug-likeness (QED) is 0.460. The third-order valence-corrected chi connectivity index (χ3v) is 5.33. The first-order chi connectivity index (χ1) is 14.8. The number of pyridine rings is 1. The maximum Gasteiger partial charge on any atom is 0.220 e. The normalized spacial score (nSPS) is 11.9. The Balaban J connectivity index is 1.57. The highest BCUT2D eigenvalue weighted by molar-refractivity contribution is 5.86. The Morgan fingerprint density at radius 3 is 2.67 bits per heavy atom. The molecule has 0 saturated carbocycles. The second kappa shape index (κ2) is 9.27. The molecule has 0 saturated heterocycles. The zero-order valence-electron chi connectivity index (χ0n) is 17.0. The Bertz CT molecular complexity index is 1120. The second-order valence-corrected chi connectivity index (χ2v) is 7.21. The third-order valence-electron chi connectivity index (χ3n) is 5.33. The SMILES string of the molecule is COc1ccccc1[C@H](CC(=O)NCCc1ccccn1)c1c[nH]c2ccccc12. The van der Waals surface area contributed by atoms with Crippen molar-refractivity contribution < 1.29 is 9.53 Å². The summed E-state index contributed by atoms with van der Waals surface area (Å²) < 4.78 is 5.61. The fraction of sp³-hybridized carbons (Fsp3) is 0.200. The molecule has 5 nitrogen and oxygen atoms in total. The summed E-state index contributed by atoms with van der Waals surface area (Å²) >= 11 is 0. The first-order valence-electron chi connectivity index (χ1n) is 10.1. The number of fused-ring (bicyclic) bond motifs is 1. The van der Waals surface area contributed by atoms with E-state index in [1.807, 2.05) is 66.9 Å². The highest BCUT2D eigenvalue weighted by Gasteiger charge is 2.24. The Labute approximate surface area is 176 Å². The maximum absolute atomic E-state index is 12.9. The van der Waals surface area contributed by atoms with E-state index in [1.165, 1.54) is 0 Å². The molecule has 0 aliphatic heterocycles. The van der Waals surface area contributed by atoms with Gasteiger partial charge in [0.15, 0.2) is 0 Å². The van der Waals surface area contributed by atoms with Crippen LogP contribution in [0.3, 0.4) is 0 Å². The molecule has 1 amide bonds. The predicted octanol–water partition coefficient (Wildman–Crippen LogP) is 4.45. The summed E-state index contributed by atoms with van der Waals surface area (Å²) in [5.74, 6) is 0.674. The van der Waals surface area contributed by atoms with Crippen molar-refractivity contribution in [3.05, 3.63) is 95.9 Å². The molecule has 0 fully saturated rings. The highest BCUT2D eigenvalue weighted by Crippen LogP contribution is 2.37. The molecule has 4 rings (SSSR count). The predicted molar refractivity (Wildman–Crippen MR) is 119 cm³/mol. The fourth-order valence-corrected chi connectivity index (χ4v) is 3.86. The van der Waals surface area contributed by atoms with Gasteiger partial charge in [-0.3, -0.25) is 9.78 Å². The van der Waals surface area contributed by atoms with Gasteiger partial charge >= 0.3 is 0 Å². The summed E-state index contributed by atoms with van der Waals surface area (Å²) in [5, 5.41) is 4.17. The van der Waals surface area contributed by atoms with Crippen molar-refractivity contribution in [3.63, 3.8) is 0 Å². The van der Waals surface area contributed by atoms with E-state index in [-0.39, 0.29) is 11.8 Å². The third kappa shape index (κ3) is 4.35. The zero-order chi connectivity index (χ0) is 20.8. The van der Waals surface area contributed by atoms with Gasteiger partial charge in [0.05, 0.1) is 7.11 Å². The molecule has 0 bridgehead atoms. The van der Waals surface area contributed by atoms with E-state index in [0.29, 0.717) is 19.4 Å². The molecule has 1 atom stereocenters. The molecule has 5 heteroatoms. The average molecular weight is 399 g/mol. The number of nitrogens with zero attached hydrogens (tertiary/aromatic N) is 1. The number of amides is 1. The van der Waals surface area contributed by atoms with E-state index < -0.39 is 0 Å². The standard InChI is InChI=1S/C25H25N3O2/c1-30-24-12-5-3-10-20(24)21(22-17-28-23-11-4-2-9-19(22)23)16-25(29)27-15-13-18-8-6-7-14-26-18/h2-12,14,17,21,28H,13,15-16H2,1H3,(H,27,29)/t21-/m0/s1. The van der Waals surface area contributed by atoms with E-state index in [2.05, 4.69) is 21.4 Å². The minimum absolute atomic E-state index is 0.00659. The lowest BCUT2D eigenvalue weighted by Crippen LogP contribution is -2.27. The largest absolute Gasteiger partial charge is 0.496 e. The first-order valence-corrected chi connectivity index (χ1v) is 10.1. The van der Waals surface area contributed by atoms with Crippen LogP contribution in [0.15, 0.2) is 79.1 Å². The van der Waals surface area contributed by atoms with Crippen molar-refractivity contribution in [2.24, 2.45) is 0 Å². The lowest BCUT2D eigenvalue weighted by atomic mass is 9.87. The molecule has 2 aromatic heterocycles. The topological polar surface area (TPSA) is 67.0 Å². The van der Waals surface area contributed by atoms with Crippen LogP contribution in [0, 0.1) is 0 Å². The Morgan fingerprint density at radius 1 is 1.03 bits per heavy atom. The number of aromatic amines is 1. The lowest BCUT2D eigenvalue weighted by molar-refractivity contribution is -0.121. The van der Waals surface area contributed by atoms with Crippen LogP contribution in [0.25, 0.3) is 10.9 Å². The lowest BCUT2D eigenvalue weighted by Gasteiger charge is -2.19. The van der Waals surface area contributed by atoms with Gasteiger partial charge in [0, 0.05) is 59.9 Å². The van der Waals surface area contributed by atoms with E-state index in [1.54, 1.807) is 13.3 Å². The molecule has 0 aliphatic carbocycles. The number of aromatic nitrogens is 2. The number of methoxy groups -OCH3 is 1. The first kappa shape index (κ1) is 19.7. The number of hydrogen-bond donors (Lipinski definition) is 2. The Kier molecular flexibility index (Phi) is 6.09. The number of carbonyl (C=O) groups excluding carboxylic acids is 1. The number of ether oxygens (including phenoxy) is 1. The van der Waals surface area contributed by atoms with E-state index >= 15 is 0 Å². The van der Waals surface area contributed by atoms with Gasteiger partial charge in [0.1, 0.15) is 5.75 Å². The van der Waals surface area contributed by atoms with Crippen molar-refractivity contribution in [2.45, 2.75) is 18.8 Å². The molecule has 0 unspecified atom stereocenters. The summed E-state index contributed by atoms with van der Waals surface area (Å²) in [7, 11) is 1.66. The minimum Gasteiger partial charge on any atom is -0.496 e. The molecule has 0 aliphatic rings. The van der Waals surface area contributed by atoms with Gasteiger partial charge in [-0.25, -0.2) is 0 Å². The summed E-state index contributed by atoms with van der Waals surface area (Å²) in [5.41, 5.74) is 4.12. The molecular formula is C25H25N3O2. The van der Waals surface area contributed by atoms with Crippen LogP contribution in [0.2, 0.25) is 0 Å². The maximum atomic E-state index is 12.9. The highest BCUT2D eigenvalue weighted by atomic mass is 16.5. The van der Waals surface area contributed by atoms with Gasteiger partial charge in [-0.1, -0.05) is 42.5 Å². The summed E-state index contributed by atoms with van der Waals surface area (Å²) in [6.45, 7) is 0.558. The number of benzene rings is 2. The van der Waals surface area contributed by atoms with Crippen molar-refractivity contribution >= 4 is 16.8 Å². The smallest absolute Gasteiger partial charge is 0.220 e. The van der Waals surface area contributed by atoms with Crippen LogP contribution >= 0.6 is 0 Å². The van der Waals surface area contributed by atoms with Crippen LogP contribution in [0.5, 0.6) is 5.75 Å². The zero-order valence-corrected chi connectivity index (χ0v) is 17.0. The van der Waals surface area contributed by atoms with Gasteiger partial charge in [-0.2, -0.15) is 0 Å². The average Bonchev–Trinajstić information content (AvgIpc) is 3.22. The molecule has 2 aromatic carbocycles. The van der Waals surface area contributed by atoms with Crippen molar-refractivity contribution in [2.75, 3.05) is 13.7 Å². The second-order valence-electron chi connectivity index (χ2n) is 7.21. The van der Waals surface area contributed by atoms with Crippen LogP contribution in [-0.2, 0) is 11.2 Å². The molecule has 0 radical (unpaired) electrons. The van der Waals surface area contributed by atoms with Crippen LogP contribution < -0.4 is 10.1 Å². The summed E-state index contributed by atoms with van der Waals surface area (Å²) in [6.07, 6.45) is 4.82. The number of para-hydroxylation sites is 2. The van der Waals surface area contributed by atoms with Gasteiger partial charge in [-0.15, -0.1) is 0 Å². The molecule has 2 N–H and O–H groups in total. The monoisotopic (exact) mass is 399 g/mol. The van der Waals surface area contributed by atoms with E-state index in [9.17, 15) is 4.79 Å². The number of rotatable bonds is 8. The number of carbonyl (C=O) groups is 1. The van der Waals surface area contributed by atoms with Crippen molar-refractivity contribution in [1.29, 1.82) is 0 Å². The number of nitrogens with one attached hydrogen (secondary N) is 2. The van der Waals surface area contributed by atoms with Crippen LogP contribution in [0.4, 0.5) is 0 Å². The van der Waals surface area contributed by atoms with Crippen LogP contribution in [0.1, 0.15) is 29.2 Å². The number of H-pyrrole nitrogens is 1. The minimum atomic E-state index is -0.118. The molecule has 152 valence electrons. The van der Waals surface area contributed by atoms with E-state index in [0.717, 1.165) is 33.5 Å². The van der Waals surface area contributed by atoms with Gasteiger partial charge in [0.25, 0.3) is 0 Å².